The Morgan fingerprint density at radius 1 is 1.29 bits per heavy atom. The zero-order chi connectivity index (χ0) is 16.5. The van der Waals surface area contributed by atoms with Gasteiger partial charge in [0.2, 0.25) is 0 Å². The Morgan fingerprint density at radius 3 is 2.14 bits per heavy atom. The number of alkyl halides is 5. The van der Waals surface area contributed by atoms with Gasteiger partial charge in [0.25, 0.3) is 0 Å². The van der Waals surface area contributed by atoms with Crippen molar-refractivity contribution >= 4 is 38.5 Å². The largest absolute Gasteiger partial charge is 0.410 e. The smallest absolute Gasteiger partial charge is 0.236 e. The molecule has 0 bridgehead atoms. The van der Waals surface area contributed by atoms with Gasteiger partial charge in [0.1, 0.15) is 5.54 Å². The van der Waals surface area contributed by atoms with Crippen molar-refractivity contribution in [3.05, 3.63) is 34.3 Å². The third kappa shape index (κ3) is 3.94. The number of nitrogens with zero attached hydrogens (tertiary/aromatic N) is 1. The van der Waals surface area contributed by atoms with Gasteiger partial charge < -0.3 is 0 Å². The van der Waals surface area contributed by atoms with Crippen LogP contribution < -0.4 is 4.72 Å². The van der Waals surface area contributed by atoms with Crippen LogP contribution in [0.15, 0.2) is 28.7 Å². The average molecular weight is 408 g/mol. The highest BCUT2D eigenvalue weighted by molar-refractivity contribution is 9.10. The maximum atomic E-state index is 13.2. The first-order chi connectivity index (χ1) is 9.44. The molecule has 0 aliphatic heterocycles. The fraction of sp³-hybridized carbons (Fsp3) is 0.364. The molecule has 1 rings (SSSR count). The van der Waals surface area contributed by atoms with E-state index in [-0.39, 0.29) is 5.56 Å². The monoisotopic (exact) mass is 406 g/mol. The van der Waals surface area contributed by atoms with Crippen molar-refractivity contribution in [2.75, 3.05) is 0 Å². The number of nitrogens with one attached hydrogen (secondary N) is 1. The summed E-state index contributed by atoms with van der Waals surface area (Å²) in [4.78, 5) is 0. The van der Waals surface area contributed by atoms with Gasteiger partial charge in [-0.15, -0.1) is 0 Å². The van der Waals surface area contributed by atoms with Crippen LogP contribution in [0.3, 0.4) is 0 Å². The number of halogens is 6. The van der Waals surface area contributed by atoms with E-state index in [0.717, 1.165) is 6.92 Å². The van der Waals surface area contributed by atoms with Crippen LogP contribution in [0.1, 0.15) is 12.5 Å². The van der Waals surface area contributed by atoms with Gasteiger partial charge in [0.15, 0.2) is 11.0 Å². The second-order valence-corrected chi connectivity index (χ2v) is 6.77. The predicted octanol–water partition coefficient (Wildman–Crippen LogP) is 3.87. The number of rotatable bonds is 5. The minimum atomic E-state index is -5.04. The minimum Gasteiger partial charge on any atom is -0.236 e. The standard InChI is InChI=1S/C11H8BrClF4N2OS/c1-9(6-18,7-2-4-8(12)5-3-7)19-21(20)11(16,17)10(13,14)15/h2-5,19H,1H3. The molecule has 0 aliphatic rings. The molecular formula is C11H8BrClF4N2OS. The molecule has 0 spiro atoms. The molecule has 1 aromatic rings. The Balaban J connectivity index is 3.10. The third-order valence-corrected chi connectivity index (χ3v) is 4.70. The van der Waals surface area contributed by atoms with Crippen molar-refractivity contribution < 1.29 is 21.8 Å². The van der Waals surface area contributed by atoms with E-state index in [9.17, 15) is 21.8 Å². The van der Waals surface area contributed by atoms with Crippen LogP contribution in [-0.2, 0) is 16.5 Å². The predicted molar refractivity (Wildman–Crippen MR) is 74.1 cm³/mol. The van der Waals surface area contributed by atoms with E-state index in [1.54, 1.807) is 10.8 Å². The topological polar surface area (TPSA) is 52.9 Å². The fourth-order valence-corrected chi connectivity index (χ4v) is 2.63. The van der Waals surface area contributed by atoms with E-state index in [4.69, 9.17) is 5.26 Å². The first kappa shape index (κ1) is 18.4. The van der Waals surface area contributed by atoms with Crippen molar-refractivity contribution in [2.24, 2.45) is 0 Å². The van der Waals surface area contributed by atoms with E-state index in [0.29, 0.717) is 4.47 Å². The lowest BCUT2D eigenvalue weighted by atomic mass is 9.95. The normalized spacial score (nSPS) is 16.9. The minimum absolute atomic E-state index is 0.176. The summed E-state index contributed by atoms with van der Waals surface area (Å²) in [5, 5.41) is -0.951. The molecule has 116 valence electrons. The van der Waals surface area contributed by atoms with Gasteiger partial charge in [0.05, 0.1) is 6.07 Å². The van der Waals surface area contributed by atoms with Crippen molar-refractivity contribution in [3.63, 3.8) is 0 Å². The van der Waals surface area contributed by atoms with Crippen LogP contribution in [0.2, 0.25) is 0 Å². The molecule has 0 saturated carbocycles. The Bertz CT molecular complexity index is 587. The summed E-state index contributed by atoms with van der Waals surface area (Å²) in [5.41, 5.74) is -1.69. The molecule has 0 radical (unpaired) electrons. The van der Waals surface area contributed by atoms with E-state index in [1.807, 2.05) is 0 Å². The summed E-state index contributed by atoms with van der Waals surface area (Å²) < 4.78 is 65.4. The highest BCUT2D eigenvalue weighted by atomic mass is 79.9. The Labute approximate surface area is 134 Å². The maximum absolute atomic E-state index is 13.2. The molecule has 0 saturated heterocycles. The Kier molecular flexibility index (Phi) is 5.42. The second-order valence-electron chi connectivity index (χ2n) is 4.13. The van der Waals surface area contributed by atoms with Crippen LogP contribution in [0, 0.1) is 11.3 Å². The lowest BCUT2D eigenvalue weighted by molar-refractivity contribution is -0.0941. The van der Waals surface area contributed by atoms with Gasteiger partial charge in [-0.25, -0.2) is 8.93 Å². The molecule has 0 amide bonds. The number of hydrogen-bond acceptors (Lipinski definition) is 2. The van der Waals surface area contributed by atoms with Crippen molar-refractivity contribution in [1.82, 2.24) is 4.72 Å². The lowest BCUT2D eigenvalue weighted by Crippen LogP contribution is -2.50. The number of benzene rings is 1. The van der Waals surface area contributed by atoms with Crippen LogP contribution in [0.25, 0.3) is 0 Å². The first-order valence-corrected chi connectivity index (χ1v) is 7.57. The molecule has 2 atom stereocenters. The van der Waals surface area contributed by atoms with Crippen LogP contribution in [0.5, 0.6) is 0 Å². The summed E-state index contributed by atoms with van der Waals surface area (Å²) in [6.45, 7) is 1.14. The Morgan fingerprint density at radius 2 is 1.76 bits per heavy atom. The molecule has 0 aliphatic carbocycles. The number of hydrogen-bond donors (Lipinski definition) is 1. The zero-order valence-corrected chi connectivity index (χ0v) is 13.5. The summed E-state index contributed by atoms with van der Waals surface area (Å²) in [7, 11) is -3.57. The molecule has 0 heterocycles. The number of nitriles is 1. The third-order valence-electron chi connectivity index (χ3n) is 2.50. The van der Waals surface area contributed by atoms with E-state index >= 15 is 0 Å². The first-order valence-electron chi connectivity index (χ1n) is 5.25. The summed E-state index contributed by atoms with van der Waals surface area (Å²) in [5.74, 6) is 0. The fourth-order valence-electron chi connectivity index (χ4n) is 1.28. The van der Waals surface area contributed by atoms with Gasteiger partial charge in [-0.3, -0.25) is 0 Å². The molecule has 1 N–H and O–H groups in total. The zero-order valence-electron chi connectivity index (χ0n) is 10.3. The Hall–Kier alpha value is -0.690. The summed E-state index contributed by atoms with van der Waals surface area (Å²) in [6, 6.07) is 7.46. The van der Waals surface area contributed by atoms with Crippen molar-refractivity contribution in [2.45, 2.75) is 23.1 Å². The molecule has 1 aromatic carbocycles. The molecule has 3 nitrogen and oxygen atoms in total. The summed E-state index contributed by atoms with van der Waals surface area (Å²) >= 11 is 7.40. The highest BCUT2D eigenvalue weighted by Gasteiger charge is 2.61. The molecule has 2 unspecified atom stereocenters. The molecule has 0 aromatic heterocycles. The molecule has 10 heteroatoms. The van der Waals surface area contributed by atoms with Gasteiger partial charge in [0, 0.05) is 4.47 Å². The van der Waals surface area contributed by atoms with Crippen molar-refractivity contribution in [3.8, 4) is 6.07 Å². The van der Waals surface area contributed by atoms with E-state index < -0.39 is 27.2 Å². The van der Waals surface area contributed by atoms with Crippen LogP contribution in [0.4, 0.5) is 17.6 Å². The molecule has 21 heavy (non-hydrogen) atoms. The lowest BCUT2D eigenvalue weighted by Gasteiger charge is -2.27. The molecule has 0 fully saturated rings. The van der Waals surface area contributed by atoms with Gasteiger partial charge in [-0.2, -0.15) is 22.8 Å². The average Bonchev–Trinajstić information content (AvgIpc) is 2.37. The SMILES string of the molecule is CC(C#N)(NS(=O)C(F)(F)C(F)(F)Cl)c1ccc(Br)cc1. The van der Waals surface area contributed by atoms with Crippen LogP contribution >= 0.6 is 27.5 Å². The summed E-state index contributed by atoms with van der Waals surface area (Å²) in [6.07, 6.45) is 0. The van der Waals surface area contributed by atoms with Crippen LogP contribution in [-0.4, -0.2) is 14.8 Å². The highest BCUT2D eigenvalue weighted by Crippen LogP contribution is 2.40. The maximum Gasteiger partial charge on any atom is 0.410 e. The molecular weight excluding hydrogens is 400 g/mol. The van der Waals surface area contributed by atoms with E-state index in [2.05, 4.69) is 27.5 Å². The second kappa shape index (κ2) is 6.20. The van der Waals surface area contributed by atoms with Gasteiger partial charge in [-0.05, 0) is 36.2 Å². The van der Waals surface area contributed by atoms with Gasteiger partial charge in [-0.1, -0.05) is 28.1 Å². The van der Waals surface area contributed by atoms with E-state index in [1.165, 1.54) is 24.3 Å². The van der Waals surface area contributed by atoms with Crippen molar-refractivity contribution in [1.29, 1.82) is 5.26 Å². The van der Waals surface area contributed by atoms with Gasteiger partial charge >= 0.3 is 10.6 Å². The quantitative estimate of drug-likeness (QED) is 0.595.